The Morgan fingerprint density at radius 2 is 0.894 bits per heavy atom. The van der Waals surface area contributed by atoms with E-state index in [0.717, 1.165) is 0 Å². The van der Waals surface area contributed by atoms with E-state index in [-0.39, 0.29) is 5.41 Å². The maximum absolute atomic E-state index is 2.45. The molecule has 0 aliphatic heterocycles. The molecule has 0 aliphatic rings. The normalized spacial score (nSPS) is 12.1. The molecule has 0 bridgehead atoms. The average molecular weight is 602 g/mol. The number of benzene rings is 8. The Bertz CT molecular complexity index is 2590. The van der Waals surface area contributed by atoms with Crippen molar-refractivity contribution < 1.29 is 0 Å². The summed E-state index contributed by atoms with van der Waals surface area (Å²) in [6, 6.07) is 58.3. The van der Waals surface area contributed by atoms with Crippen molar-refractivity contribution >= 4 is 54.1 Å². The van der Waals surface area contributed by atoms with Crippen molar-refractivity contribution in [3.05, 3.63) is 163 Å². The first-order chi connectivity index (χ1) is 23.0. The number of fused-ring (bicyclic) bond motifs is 6. The van der Waals surface area contributed by atoms with Gasteiger partial charge in [-0.15, -0.1) is 0 Å². The van der Waals surface area contributed by atoms with Crippen LogP contribution in [0.4, 0.5) is 0 Å². The lowest BCUT2D eigenvalue weighted by Gasteiger charge is -2.23. The molecule has 0 unspecified atom stereocenters. The molecule has 0 saturated carbocycles. The fourth-order valence-corrected chi connectivity index (χ4v) is 7.59. The topological polar surface area (TPSA) is 4.93 Å². The summed E-state index contributed by atoms with van der Waals surface area (Å²) in [5.74, 6) is 0. The number of nitrogens with zero attached hydrogens (tertiary/aromatic N) is 1. The van der Waals surface area contributed by atoms with Gasteiger partial charge in [0, 0.05) is 16.5 Å². The van der Waals surface area contributed by atoms with Gasteiger partial charge >= 0.3 is 0 Å². The third kappa shape index (κ3) is 4.38. The summed E-state index contributed by atoms with van der Waals surface area (Å²) in [5.41, 5.74) is 10.1. The van der Waals surface area contributed by atoms with Crippen molar-refractivity contribution in [1.82, 2.24) is 4.57 Å². The second-order valence-corrected chi connectivity index (χ2v) is 13.8. The lowest BCUT2D eigenvalue weighted by Crippen LogP contribution is -2.10. The van der Waals surface area contributed by atoms with Crippen molar-refractivity contribution in [1.29, 1.82) is 0 Å². The number of hydrogen-bond acceptors (Lipinski definition) is 0. The zero-order valence-corrected chi connectivity index (χ0v) is 27.0. The maximum Gasteiger partial charge on any atom is 0.0541 e. The minimum atomic E-state index is 0.0284. The highest BCUT2D eigenvalue weighted by molar-refractivity contribution is 6.22. The summed E-state index contributed by atoms with van der Waals surface area (Å²) >= 11 is 0. The average Bonchev–Trinajstić information content (AvgIpc) is 3.44. The summed E-state index contributed by atoms with van der Waals surface area (Å²) in [7, 11) is 0. The molecule has 9 rings (SSSR count). The van der Waals surface area contributed by atoms with E-state index in [4.69, 9.17) is 0 Å². The molecule has 1 aromatic heterocycles. The predicted molar refractivity (Wildman–Crippen MR) is 203 cm³/mol. The fraction of sp³-hybridized carbons (Fsp3) is 0.0870. The van der Waals surface area contributed by atoms with E-state index < -0.39 is 0 Å². The van der Waals surface area contributed by atoms with Gasteiger partial charge < -0.3 is 4.57 Å². The van der Waals surface area contributed by atoms with Crippen LogP contribution in [0.15, 0.2) is 158 Å². The minimum absolute atomic E-state index is 0.0284. The second-order valence-electron chi connectivity index (χ2n) is 13.8. The summed E-state index contributed by atoms with van der Waals surface area (Å²) in [4.78, 5) is 0. The molecule has 224 valence electrons. The number of para-hydroxylation sites is 2. The summed E-state index contributed by atoms with van der Waals surface area (Å²) < 4.78 is 2.39. The maximum atomic E-state index is 2.45. The zero-order valence-electron chi connectivity index (χ0n) is 27.0. The van der Waals surface area contributed by atoms with Gasteiger partial charge in [-0.1, -0.05) is 142 Å². The highest BCUT2D eigenvalue weighted by Gasteiger charge is 2.21. The van der Waals surface area contributed by atoms with E-state index in [0.29, 0.717) is 0 Å². The van der Waals surface area contributed by atoms with Gasteiger partial charge in [0.25, 0.3) is 0 Å². The van der Waals surface area contributed by atoms with Crippen LogP contribution in [0.25, 0.3) is 82.1 Å². The van der Waals surface area contributed by atoms with Gasteiger partial charge in [-0.05, 0) is 102 Å². The van der Waals surface area contributed by atoms with Gasteiger partial charge in [0.15, 0.2) is 0 Å². The highest BCUT2D eigenvalue weighted by Crippen LogP contribution is 2.45. The van der Waals surface area contributed by atoms with Gasteiger partial charge in [-0.3, -0.25) is 0 Å². The molecule has 0 N–H and O–H groups in total. The number of aromatic nitrogens is 1. The Morgan fingerprint density at radius 3 is 1.53 bits per heavy atom. The smallest absolute Gasteiger partial charge is 0.0541 e. The van der Waals surface area contributed by atoms with Gasteiger partial charge in [0.05, 0.1) is 11.0 Å². The first-order valence-corrected chi connectivity index (χ1v) is 16.5. The summed E-state index contributed by atoms with van der Waals surface area (Å²) in [5, 5.41) is 10.2. The molecule has 8 aromatic carbocycles. The molecule has 1 nitrogen and oxygen atoms in total. The Morgan fingerprint density at radius 1 is 0.383 bits per heavy atom. The lowest BCUT2D eigenvalue weighted by atomic mass is 9.81. The number of hydrogen-bond donors (Lipinski definition) is 0. The first kappa shape index (κ1) is 27.6. The van der Waals surface area contributed by atoms with Gasteiger partial charge in [-0.25, -0.2) is 0 Å². The highest BCUT2D eigenvalue weighted by atomic mass is 15.0. The van der Waals surface area contributed by atoms with Crippen LogP contribution in [0.1, 0.15) is 26.3 Å². The monoisotopic (exact) mass is 601 g/mol. The van der Waals surface area contributed by atoms with E-state index in [1.165, 1.54) is 87.6 Å². The molecule has 9 aromatic rings. The molecule has 0 radical (unpaired) electrons. The van der Waals surface area contributed by atoms with Crippen LogP contribution in [0, 0.1) is 0 Å². The minimum Gasteiger partial charge on any atom is -0.309 e. The van der Waals surface area contributed by atoms with Crippen LogP contribution in [-0.2, 0) is 5.41 Å². The van der Waals surface area contributed by atoms with E-state index in [1.54, 1.807) is 0 Å². The van der Waals surface area contributed by atoms with E-state index in [9.17, 15) is 0 Å². The van der Waals surface area contributed by atoms with Crippen molar-refractivity contribution in [3.63, 3.8) is 0 Å². The molecular weight excluding hydrogens is 567 g/mol. The Hall–Kier alpha value is -5.66. The lowest BCUT2D eigenvalue weighted by molar-refractivity contribution is 0.591. The van der Waals surface area contributed by atoms with E-state index in [2.05, 4.69) is 183 Å². The van der Waals surface area contributed by atoms with E-state index >= 15 is 0 Å². The number of rotatable bonds is 3. The van der Waals surface area contributed by atoms with Gasteiger partial charge in [0.2, 0.25) is 0 Å². The fourth-order valence-electron chi connectivity index (χ4n) is 7.59. The standard InChI is InChI=1S/C46H35N/c1-46(2,3)34-24-27-40-41(29-34)44(38-16-6-7-17-39(38)45(40)33-21-20-30-12-4-5-13-32(30)28-33)31-22-25-35(26-23-31)47-42-18-10-8-14-36(42)37-15-9-11-19-43(37)47/h4-29H,1-3H3. The second kappa shape index (κ2) is 10.4. The Balaban J connectivity index is 1.32. The van der Waals surface area contributed by atoms with Crippen LogP contribution in [0.2, 0.25) is 0 Å². The SMILES string of the molecule is CC(C)(C)c1ccc2c(-c3ccc4ccccc4c3)c3ccccc3c(-c3ccc(-n4c5ccccc5c5ccccc54)cc3)c2c1. The van der Waals surface area contributed by atoms with Crippen LogP contribution >= 0.6 is 0 Å². The van der Waals surface area contributed by atoms with Gasteiger partial charge in [0.1, 0.15) is 0 Å². The van der Waals surface area contributed by atoms with Crippen LogP contribution in [-0.4, -0.2) is 4.57 Å². The quantitative estimate of drug-likeness (QED) is 0.178. The van der Waals surface area contributed by atoms with Crippen molar-refractivity contribution in [2.45, 2.75) is 26.2 Å². The molecule has 1 heteroatoms. The molecule has 0 fully saturated rings. The largest absolute Gasteiger partial charge is 0.309 e. The summed E-state index contributed by atoms with van der Waals surface area (Å²) in [6.07, 6.45) is 0. The molecule has 0 atom stereocenters. The van der Waals surface area contributed by atoms with Gasteiger partial charge in [-0.2, -0.15) is 0 Å². The Labute approximate surface area is 275 Å². The molecule has 47 heavy (non-hydrogen) atoms. The molecular formula is C46H35N. The molecule has 0 saturated heterocycles. The van der Waals surface area contributed by atoms with E-state index in [1.807, 2.05) is 0 Å². The third-order valence-corrected chi connectivity index (χ3v) is 9.92. The molecule has 0 aliphatic carbocycles. The zero-order chi connectivity index (χ0) is 31.7. The first-order valence-electron chi connectivity index (χ1n) is 16.5. The summed E-state index contributed by atoms with van der Waals surface area (Å²) in [6.45, 7) is 6.92. The molecule has 0 spiro atoms. The van der Waals surface area contributed by atoms with Crippen LogP contribution < -0.4 is 0 Å². The Kier molecular flexibility index (Phi) is 6.14. The van der Waals surface area contributed by atoms with Crippen molar-refractivity contribution in [2.75, 3.05) is 0 Å². The van der Waals surface area contributed by atoms with Crippen molar-refractivity contribution in [3.8, 4) is 27.9 Å². The van der Waals surface area contributed by atoms with Crippen LogP contribution in [0.5, 0.6) is 0 Å². The van der Waals surface area contributed by atoms with Crippen LogP contribution in [0.3, 0.4) is 0 Å². The molecule has 1 heterocycles. The van der Waals surface area contributed by atoms with Crippen molar-refractivity contribution in [2.24, 2.45) is 0 Å². The predicted octanol–water partition coefficient (Wildman–Crippen LogP) is 12.9. The third-order valence-electron chi connectivity index (χ3n) is 9.92. The molecule has 0 amide bonds.